The SMILES string of the molecule is CC1CC1CNC(=O)c1ccc(F)c(N)c1. The molecule has 86 valence electrons. The van der Waals surface area contributed by atoms with Crippen LogP contribution in [0.4, 0.5) is 10.1 Å². The molecule has 1 aromatic rings. The van der Waals surface area contributed by atoms with Gasteiger partial charge in [0.25, 0.3) is 5.91 Å². The maximum absolute atomic E-state index is 12.9. The normalized spacial score (nSPS) is 22.9. The van der Waals surface area contributed by atoms with Crippen molar-refractivity contribution in [3.05, 3.63) is 29.6 Å². The van der Waals surface area contributed by atoms with E-state index >= 15 is 0 Å². The summed E-state index contributed by atoms with van der Waals surface area (Å²) in [4.78, 5) is 11.7. The number of amides is 1. The summed E-state index contributed by atoms with van der Waals surface area (Å²) in [6.07, 6.45) is 1.17. The minimum Gasteiger partial charge on any atom is -0.396 e. The van der Waals surface area contributed by atoms with Gasteiger partial charge in [0, 0.05) is 12.1 Å². The number of carbonyl (C=O) groups is 1. The Morgan fingerprint density at radius 2 is 2.31 bits per heavy atom. The van der Waals surface area contributed by atoms with Gasteiger partial charge in [-0.05, 0) is 36.5 Å². The summed E-state index contributed by atoms with van der Waals surface area (Å²) in [5.41, 5.74) is 5.81. The molecule has 1 saturated carbocycles. The molecule has 1 aliphatic rings. The van der Waals surface area contributed by atoms with E-state index < -0.39 is 5.82 Å². The van der Waals surface area contributed by atoms with E-state index in [0.717, 1.165) is 0 Å². The first-order valence-corrected chi connectivity index (χ1v) is 5.41. The Bertz CT molecular complexity index is 419. The highest BCUT2D eigenvalue weighted by molar-refractivity contribution is 5.95. The zero-order chi connectivity index (χ0) is 11.7. The number of nitrogens with one attached hydrogen (secondary N) is 1. The highest BCUT2D eigenvalue weighted by Gasteiger charge is 2.32. The second-order valence-electron chi connectivity index (χ2n) is 4.42. The highest BCUT2D eigenvalue weighted by Crippen LogP contribution is 2.36. The molecule has 1 aromatic carbocycles. The third-order valence-electron chi connectivity index (χ3n) is 3.06. The fourth-order valence-corrected chi connectivity index (χ4v) is 1.69. The molecule has 1 aliphatic carbocycles. The van der Waals surface area contributed by atoms with Crippen LogP contribution in [0.1, 0.15) is 23.7 Å². The van der Waals surface area contributed by atoms with Crippen LogP contribution >= 0.6 is 0 Å². The minimum absolute atomic E-state index is 0.00689. The first kappa shape index (κ1) is 10.9. The van der Waals surface area contributed by atoms with Gasteiger partial charge < -0.3 is 11.1 Å². The number of hydrogen-bond acceptors (Lipinski definition) is 2. The van der Waals surface area contributed by atoms with E-state index in [2.05, 4.69) is 12.2 Å². The molecule has 1 fully saturated rings. The Kier molecular flexibility index (Phi) is 2.81. The molecule has 4 heteroatoms. The van der Waals surface area contributed by atoms with Crippen molar-refractivity contribution in [3.63, 3.8) is 0 Å². The van der Waals surface area contributed by atoms with E-state index in [4.69, 9.17) is 5.73 Å². The quantitative estimate of drug-likeness (QED) is 0.766. The molecule has 0 saturated heterocycles. The number of rotatable bonds is 3. The minimum atomic E-state index is -0.493. The number of nitrogen functional groups attached to an aromatic ring is 1. The summed E-state index contributed by atoms with van der Waals surface area (Å²) in [6.45, 7) is 2.85. The molecule has 0 bridgehead atoms. The summed E-state index contributed by atoms with van der Waals surface area (Å²) >= 11 is 0. The summed E-state index contributed by atoms with van der Waals surface area (Å²) in [5, 5.41) is 2.82. The van der Waals surface area contributed by atoms with Crippen LogP contribution in [0.2, 0.25) is 0 Å². The maximum atomic E-state index is 12.9. The van der Waals surface area contributed by atoms with E-state index in [1.165, 1.54) is 24.6 Å². The summed E-state index contributed by atoms with van der Waals surface area (Å²) in [6, 6.07) is 4.02. The van der Waals surface area contributed by atoms with Crippen molar-refractivity contribution < 1.29 is 9.18 Å². The van der Waals surface area contributed by atoms with E-state index in [1.54, 1.807) is 0 Å². The fourth-order valence-electron chi connectivity index (χ4n) is 1.69. The van der Waals surface area contributed by atoms with Crippen molar-refractivity contribution in [2.45, 2.75) is 13.3 Å². The molecule has 2 atom stereocenters. The van der Waals surface area contributed by atoms with Gasteiger partial charge in [-0.1, -0.05) is 6.92 Å². The van der Waals surface area contributed by atoms with Crippen LogP contribution < -0.4 is 11.1 Å². The van der Waals surface area contributed by atoms with Crippen LogP contribution in [0, 0.1) is 17.7 Å². The van der Waals surface area contributed by atoms with Crippen molar-refractivity contribution in [3.8, 4) is 0 Å². The van der Waals surface area contributed by atoms with Crippen molar-refractivity contribution in [2.75, 3.05) is 12.3 Å². The van der Waals surface area contributed by atoms with E-state index in [1.807, 2.05) is 0 Å². The lowest BCUT2D eigenvalue weighted by Gasteiger charge is -2.05. The largest absolute Gasteiger partial charge is 0.396 e. The Morgan fingerprint density at radius 3 is 2.88 bits per heavy atom. The number of nitrogens with two attached hydrogens (primary N) is 1. The van der Waals surface area contributed by atoms with Crippen molar-refractivity contribution >= 4 is 11.6 Å². The number of carbonyl (C=O) groups excluding carboxylic acids is 1. The van der Waals surface area contributed by atoms with E-state index in [-0.39, 0.29) is 11.6 Å². The topological polar surface area (TPSA) is 55.1 Å². The Morgan fingerprint density at radius 1 is 1.62 bits per heavy atom. The van der Waals surface area contributed by atoms with Crippen molar-refractivity contribution in [1.82, 2.24) is 5.32 Å². The molecule has 2 rings (SSSR count). The molecule has 0 spiro atoms. The van der Waals surface area contributed by atoms with E-state index in [9.17, 15) is 9.18 Å². The molecule has 0 heterocycles. The smallest absolute Gasteiger partial charge is 0.251 e. The molecular formula is C12H15FN2O. The van der Waals surface area contributed by atoms with Gasteiger partial charge in [0.2, 0.25) is 0 Å². The monoisotopic (exact) mass is 222 g/mol. The van der Waals surface area contributed by atoms with Gasteiger partial charge in [0.05, 0.1) is 5.69 Å². The average molecular weight is 222 g/mol. The van der Waals surface area contributed by atoms with Gasteiger partial charge in [-0.15, -0.1) is 0 Å². The summed E-state index contributed by atoms with van der Waals surface area (Å²) in [7, 11) is 0. The molecule has 3 N–H and O–H groups in total. The molecule has 1 amide bonds. The predicted molar refractivity (Wildman–Crippen MR) is 60.4 cm³/mol. The number of hydrogen-bond donors (Lipinski definition) is 2. The van der Waals surface area contributed by atoms with Gasteiger partial charge >= 0.3 is 0 Å². The van der Waals surface area contributed by atoms with Gasteiger partial charge in [0.1, 0.15) is 5.82 Å². The summed E-state index contributed by atoms with van der Waals surface area (Å²) in [5.74, 6) is 0.624. The lowest BCUT2D eigenvalue weighted by Crippen LogP contribution is -2.26. The first-order valence-electron chi connectivity index (χ1n) is 5.41. The van der Waals surface area contributed by atoms with Crippen molar-refractivity contribution in [1.29, 1.82) is 0 Å². The average Bonchev–Trinajstić information content (AvgIpc) is 2.95. The third kappa shape index (κ3) is 2.32. The van der Waals surface area contributed by atoms with Crippen LogP contribution in [0.5, 0.6) is 0 Å². The lowest BCUT2D eigenvalue weighted by atomic mass is 10.2. The lowest BCUT2D eigenvalue weighted by molar-refractivity contribution is 0.0951. The highest BCUT2D eigenvalue weighted by atomic mass is 19.1. The molecular weight excluding hydrogens is 207 g/mol. The summed E-state index contributed by atoms with van der Waals surface area (Å²) < 4.78 is 12.9. The second-order valence-corrected chi connectivity index (χ2v) is 4.42. The first-order chi connectivity index (χ1) is 7.58. The Balaban J connectivity index is 1.95. The van der Waals surface area contributed by atoms with E-state index in [0.29, 0.717) is 23.9 Å². The van der Waals surface area contributed by atoms with Crippen LogP contribution in [0.25, 0.3) is 0 Å². The third-order valence-corrected chi connectivity index (χ3v) is 3.06. The van der Waals surface area contributed by atoms with Gasteiger partial charge in [-0.25, -0.2) is 4.39 Å². The van der Waals surface area contributed by atoms with Crippen LogP contribution in [-0.2, 0) is 0 Å². The Hall–Kier alpha value is -1.58. The second kappa shape index (κ2) is 4.12. The van der Waals surface area contributed by atoms with Crippen LogP contribution in [0.15, 0.2) is 18.2 Å². The Labute approximate surface area is 93.8 Å². The molecule has 16 heavy (non-hydrogen) atoms. The zero-order valence-electron chi connectivity index (χ0n) is 9.16. The number of benzene rings is 1. The maximum Gasteiger partial charge on any atom is 0.251 e. The number of halogens is 1. The molecule has 0 aromatic heterocycles. The molecule has 2 unspecified atom stereocenters. The van der Waals surface area contributed by atoms with Crippen LogP contribution in [0.3, 0.4) is 0 Å². The molecule has 0 aliphatic heterocycles. The molecule has 0 radical (unpaired) electrons. The van der Waals surface area contributed by atoms with Gasteiger partial charge in [-0.3, -0.25) is 4.79 Å². The van der Waals surface area contributed by atoms with Crippen LogP contribution in [-0.4, -0.2) is 12.5 Å². The van der Waals surface area contributed by atoms with Gasteiger partial charge in [-0.2, -0.15) is 0 Å². The number of anilines is 1. The van der Waals surface area contributed by atoms with Crippen molar-refractivity contribution in [2.24, 2.45) is 11.8 Å². The standard InChI is InChI=1S/C12H15FN2O/c1-7-4-9(7)6-15-12(16)8-2-3-10(13)11(14)5-8/h2-3,5,7,9H,4,6,14H2,1H3,(H,15,16). The zero-order valence-corrected chi connectivity index (χ0v) is 9.16. The predicted octanol–water partition coefficient (Wildman–Crippen LogP) is 1.79. The van der Waals surface area contributed by atoms with Gasteiger partial charge in [0.15, 0.2) is 0 Å². The molecule has 3 nitrogen and oxygen atoms in total. The fraction of sp³-hybridized carbons (Fsp3) is 0.417.